The standard InChI is InChI=1S/C19H17N5O3/c1-27-19(26)14-3-2-4-15(9-14)24-18(25)16-11-23-17(12-21-16)22-10-13-5-7-20-8-6-13/h2-9,11-12H,10H2,1H3,(H,22,23)(H,24,25). The van der Waals surface area contributed by atoms with Gasteiger partial charge in [0, 0.05) is 24.6 Å². The SMILES string of the molecule is COC(=O)c1cccc(NC(=O)c2cnc(NCc3ccncc3)cn2)c1. The summed E-state index contributed by atoms with van der Waals surface area (Å²) >= 11 is 0. The molecule has 0 spiro atoms. The number of benzene rings is 1. The smallest absolute Gasteiger partial charge is 0.337 e. The molecule has 8 nitrogen and oxygen atoms in total. The van der Waals surface area contributed by atoms with Crippen molar-refractivity contribution in [1.82, 2.24) is 15.0 Å². The number of carbonyl (C=O) groups is 2. The Morgan fingerprint density at radius 2 is 1.89 bits per heavy atom. The molecule has 1 aromatic carbocycles. The summed E-state index contributed by atoms with van der Waals surface area (Å²) in [5, 5.41) is 5.80. The van der Waals surface area contributed by atoms with Crippen molar-refractivity contribution < 1.29 is 14.3 Å². The summed E-state index contributed by atoms with van der Waals surface area (Å²) in [6, 6.07) is 10.2. The highest BCUT2D eigenvalue weighted by molar-refractivity contribution is 6.03. The molecule has 2 heterocycles. The van der Waals surface area contributed by atoms with E-state index in [4.69, 9.17) is 0 Å². The second kappa shape index (κ2) is 8.52. The number of aromatic nitrogens is 3. The topological polar surface area (TPSA) is 106 Å². The number of nitrogens with zero attached hydrogens (tertiary/aromatic N) is 3. The second-order valence-electron chi connectivity index (χ2n) is 5.52. The number of anilines is 2. The maximum absolute atomic E-state index is 12.3. The Morgan fingerprint density at radius 3 is 2.59 bits per heavy atom. The van der Waals surface area contributed by atoms with Crippen molar-refractivity contribution in [2.45, 2.75) is 6.54 Å². The molecule has 3 rings (SSSR count). The first kappa shape index (κ1) is 18.0. The third-order valence-electron chi connectivity index (χ3n) is 3.65. The normalized spacial score (nSPS) is 10.1. The van der Waals surface area contributed by atoms with Gasteiger partial charge in [0.1, 0.15) is 11.5 Å². The first-order chi connectivity index (χ1) is 13.2. The number of nitrogens with one attached hydrogen (secondary N) is 2. The molecule has 0 radical (unpaired) electrons. The van der Waals surface area contributed by atoms with Crippen molar-refractivity contribution in [2.24, 2.45) is 0 Å². The quantitative estimate of drug-likeness (QED) is 0.648. The lowest BCUT2D eigenvalue weighted by Gasteiger charge is -2.08. The second-order valence-corrected chi connectivity index (χ2v) is 5.52. The fourth-order valence-corrected chi connectivity index (χ4v) is 2.27. The van der Waals surface area contributed by atoms with Crippen molar-refractivity contribution in [2.75, 3.05) is 17.7 Å². The Labute approximate surface area is 155 Å². The number of pyridine rings is 1. The third-order valence-corrected chi connectivity index (χ3v) is 3.65. The van der Waals surface area contributed by atoms with Crippen molar-refractivity contribution in [3.63, 3.8) is 0 Å². The van der Waals surface area contributed by atoms with Gasteiger partial charge in [0.2, 0.25) is 0 Å². The van der Waals surface area contributed by atoms with Crippen LogP contribution in [-0.4, -0.2) is 33.9 Å². The Bertz CT molecular complexity index is 930. The number of amides is 1. The van der Waals surface area contributed by atoms with Gasteiger partial charge < -0.3 is 15.4 Å². The van der Waals surface area contributed by atoms with Crippen molar-refractivity contribution >= 4 is 23.4 Å². The molecule has 0 bridgehead atoms. The Hall–Kier alpha value is -3.81. The highest BCUT2D eigenvalue weighted by atomic mass is 16.5. The molecule has 1 amide bonds. The van der Waals surface area contributed by atoms with Gasteiger partial charge >= 0.3 is 5.97 Å². The summed E-state index contributed by atoms with van der Waals surface area (Å²) in [4.78, 5) is 36.1. The summed E-state index contributed by atoms with van der Waals surface area (Å²) in [6.45, 7) is 0.572. The van der Waals surface area contributed by atoms with Gasteiger partial charge in [0.15, 0.2) is 0 Å². The van der Waals surface area contributed by atoms with Crippen LogP contribution in [0.15, 0.2) is 61.2 Å². The molecule has 2 aromatic heterocycles. The van der Waals surface area contributed by atoms with Crippen LogP contribution in [-0.2, 0) is 11.3 Å². The molecule has 0 aliphatic carbocycles. The van der Waals surface area contributed by atoms with Gasteiger partial charge in [-0.3, -0.25) is 9.78 Å². The van der Waals surface area contributed by atoms with E-state index >= 15 is 0 Å². The predicted molar refractivity (Wildman–Crippen MR) is 99.3 cm³/mol. The summed E-state index contributed by atoms with van der Waals surface area (Å²) in [7, 11) is 1.30. The maximum Gasteiger partial charge on any atom is 0.337 e. The van der Waals surface area contributed by atoms with E-state index in [2.05, 4.69) is 30.3 Å². The van der Waals surface area contributed by atoms with Crippen LogP contribution in [0.25, 0.3) is 0 Å². The van der Waals surface area contributed by atoms with Crippen molar-refractivity contribution in [3.8, 4) is 0 Å². The number of ether oxygens (including phenoxy) is 1. The predicted octanol–water partition coefficient (Wildman–Crippen LogP) is 2.52. The molecule has 0 unspecified atom stereocenters. The van der Waals surface area contributed by atoms with Crippen LogP contribution in [0.4, 0.5) is 11.5 Å². The van der Waals surface area contributed by atoms with Crippen LogP contribution in [0.2, 0.25) is 0 Å². The largest absolute Gasteiger partial charge is 0.465 e. The molecule has 0 saturated heterocycles. The van der Waals surface area contributed by atoms with E-state index in [1.54, 1.807) is 30.6 Å². The molecule has 8 heteroatoms. The minimum absolute atomic E-state index is 0.160. The lowest BCUT2D eigenvalue weighted by molar-refractivity contribution is 0.0600. The fourth-order valence-electron chi connectivity index (χ4n) is 2.27. The zero-order chi connectivity index (χ0) is 19.1. The summed E-state index contributed by atoms with van der Waals surface area (Å²) in [5.74, 6) is -0.350. The molecular formula is C19H17N5O3. The van der Waals surface area contributed by atoms with E-state index in [9.17, 15) is 9.59 Å². The van der Waals surface area contributed by atoms with Gasteiger partial charge in [0.05, 0.1) is 25.1 Å². The average Bonchev–Trinajstić information content (AvgIpc) is 2.73. The van der Waals surface area contributed by atoms with Gasteiger partial charge in [-0.15, -0.1) is 0 Å². The lowest BCUT2D eigenvalue weighted by Crippen LogP contribution is -2.15. The van der Waals surface area contributed by atoms with Crippen molar-refractivity contribution in [3.05, 3.63) is 78.0 Å². The number of hydrogen-bond acceptors (Lipinski definition) is 7. The molecule has 0 aliphatic heterocycles. The number of hydrogen-bond donors (Lipinski definition) is 2. The molecule has 0 fully saturated rings. The molecule has 0 atom stereocenters. The summed E-state index contributed by atoms with van der Waals surface area (Å²) < 4.78 is 4.66. The summed E-state index contributed by atoms with van der Waals surface area (Å²) in [6.07, 6.45) is 6.30. The Balaban J connectivity index is 1.61. The number of carbonyl (C=O) groups excluding carboxylic acids is 2. The van der Waals surface area contributed by atoms with Crippen molar-refractivity contribution in [1.29, 1.82) is 0 Å². The van der Waals surface area contributed by atoms with Crippen LogP contribution in [0.5, 0.6) is 0 Å². The average molecular weight is 363 g/mol. The van der Waals surface area contributed by atoms with E-state index in [1.165, 1.54) is 25.6 Å². The molecule has 136 valence electrons. The molecule has 0 aliphatic rings. The van der Waals surface area contributed by atoms with Crippen LogP contribution >= 0.6 is 0 Å². The first-order valence-corrected chi connectivity index (χ1v) is 8.10. The van der Waals surface area contributed by atoms with Gasteiger partial charge in [-0.25, -0.2) is 14.8 Å². The van der Waals surface area contributed by atoms with E-state index in [-0.39, 0.29) is 5.69 Å². The molecular weight excluding hydrogens is 346 g/mol. The Kier molecular flexibility index (Phi) is 5.68. The van der Waals surface area contributed by atoms with Crippen LogP contribution in [0.1, 0.15) is 26.4 Å². The lowest BCUT2D eigenvalue weighted by atomic mass is 10.2. The number of rotatable bonds is 6. The highest BCUT2D eigenvalue weighted by Crippen LogP contribution is 2.13. The van der Waals surface area contributed by atoms with Gasteiger partial charge in [-0.2, -0.15) is 0 Å². The minimum Gasteiger partial charge on any atom is -0.465 e. The molecule has 2 N–H and O–H groups in total. The Morgan fingerprint density at radius 1 is 1.07 bits per heavy atom. The number of esters is 1. The molecule has 27 heavy (non-hydrogen) atoms. The van der Waals surface area contributed by atoms with Gasteiger partial charge in [-0.1, -0.05) is 6.07 Å². The fraction of sp³-hybridized carbons (Fsp3) is 0.105. The zero-order valence-electron chi connectivity index (χ0n) is 14.5. The van der Waals surface area contributed by atoms with Crippen LogP contribution in [0.3, 0.4) is 0 Å². The first-order valence-electron chi connectivity index (χ1n) is 8.10. The van der Waals surface area contributed by atoms with Gasteiger partial charge in [-0.05, 0) is 35.9 Å². The van der Waals surface area contributed by atoms with E-state index in [0.29, 0.717) is 23.6 Å². The summed E-state index contributed by atoms with van der Waals surface area (Å²) in [5.41, 5.74) is 2.02. The molecule has 3 aromatic rings. The third kappa shape index (κ3) is 4.85. The van der Waals surface area contributed by atoms with E-state index in [0.717, 1.165) is 5.56 Å². The molecule has 0 saturated carbocycles. The maximum atomic E-state index is 12.3. The minimum atomic E-state index is -0.476. The van der Waals surface area contributed by atoms with Crippen LogP contribution in [0, 0.1) is 0 Å². The zero-order valence-corrected chi connectivity index (χ0v) is 14.5. The monoisotopic (exact) mass is 363 g/mol. The number of methoxy groups -OCH3 is 1. The van der Waals surface area contributed by atoms with E-state index in [1.807, 2.05) is 12.1 Å². The van der Waals surface area contributed by atoms with Crippen LogP contribution < -0.4 is 10.6 Å². The van der Waals surface area contributed by atoms with E-state index < -0.39 is 11.9 Å². The van der Waals surface area contributed by atoms with Gasteiger partial charge in [0.25, 0.3) is 5.91 Å². The highest BCUT2D eigenvalue weighted by Gasteiger charge is 2.11.